The summed E-state index contributed by atoms with van der Waals surface area (Å²) in [7, 11) is -4.01. The molecule has 0 unspecified atom stereocenters. The van der Waals surface area contributed by atoms with Gasteiger partial charge >= 0.3 is 0 Å². The minimum absolute atomic E-state index is 0.0618. The number of sulfonamides is 1. The molecule has 3 aromatic rings. The van der Waals surface area contributed by atoms with Crippen LogP contribution in [0.5, 0.6) is 0 Å². The van der Waals surface area contributed by atoms with Crippen molar-refractivity contribution in [2.45, 2.75) is 51.3 Å². The average Bonchev–Trinajstić information content (AvgIpc) is 3.29. The van der Waals surface area contributed by atoms with Crippen LogP contribution in [-0.4, -0.2) is 33.3 Å². The molecule has 7 nitrogen and oxygen atoms in total. The molecular weight excluding hydrogens is 486 g/mol. The Morgan fingerprint density at radius 2 is 1.68 bits per heavy atom. The van der Waals surface area contributed by atoms with Gasteiger partial charge in [-0.05, 0) is 73.7 Å². The normalized spacial score (nSPS) is 13.8. The minimum Gasteiger partial charge on any atom is -0.324 e. The van der Waals surface area contributed by atoms with Gasteiger partial charge in [-0.15, -0.1) is 0 Å². The Labute approximate surface area is 219 Å². The van der Waals surface area contributed by atoms with Gasteiger partial charge in [-0.1, -0.05) is 49.7 Å². The van der Waals surface area contributed by atoms with Crippen LogP contribution >= 0.6 is 0 Å². The molecule has 0 aromatic heterocycles. The van der Waals surface area contributed by atoms with Crippen molar-refractivity contribution in [3.63, 3.8) is 0 Å². The minimum atomic E-state index is -4.01. The van der Waals surface area contributed by atoms with Crippen molar-refractivity contribution in [2.24, 2.45) is 0 Å². The lowest BCUT2D eigenvalue weighted by Crippen LogP contribution is -2.38. The monoisotopic (exact) mass is 519 g/mol. The summed E-state index contributed by atoms with van der Waals surface area (Å²) < 4.78 is 28.5. The van der Waals surface area contributed by atoms with E-state index in [9.17, 15) is 18.0 Å². The number of hydrogen-bond acceptors (Lipinski definition) is 4. The molecule has 1 heterocycles. The molecule has 3 aromatic carbocycles. The van der Waals surface area contributed by atoms with Gasteiger partial charge in [-0.2, -0.15) is 0 Å². The molecule has 1 fully saturated rings. The predicted octanol–water partition coefficient (Wildman–Crippen LogP) is 5.39. The van der Waals surface area contributed by atoms with Gasteiger partial charge in [-0.25, -0.2) is 8.42 Å². The SMILES string of the molecule is Cc1ccc(S(=O)(=O)N(CC(=O)Nc2ccc(C)c(N3CCCC3=O)c2)c2ccc(C(C)C)cc2)cc1. The highest BCUT2D eigenvalue weighted by molar-refractivity contribution is 7.92. The van der Waals surface area contributed by atoms with Crippen LogP contribution < -0.4 is 14.5 Å². The number of anilines is 3. The first-order chi connectivity index (χ1) is 17.6. The molecule has 194 valence electrons. The van der Waals surface area contributed by atoms with E-state index in [0.29, 0.717) is 24.3 Å². The number of aryl methyl sites for hydroxylation is 2. The van der Waals surface area contributed by atoms with E-state index in [1.54, 1.807) is 53.4 Å². The lowest BCUT2D eigenvalue weighted by molar-refractivity contribution is -0.117. The van der Waals surface area contributed by atoms with Crippen LogP contribution in [0.1, 0.15) is 49.3 Å². The quantitative estimate of drug-likeness (QED) is 0.432. The Morgan fingerprint density at radius 3 is 2.27 bits per heavy atom. The Hall–Kier alpha value is -3.65. The maximum atomic E-state index is 13.7. The third-order valence-electron chi connectivity index (χ3n) is 6.60. The fourth-order valence-electron chi connectivity index (χ4n) is 4.39. The van der Waals surface area contributed by atoms with Crippen LogP contribution in [0, 0.1) is 13.8 Å². The van der Waals surface area contributed by atoms with E-state index in [2.05, 4.69) is 19.2 Å². The van der Waals surface area contributed by atoms with E-state index >= 15 is 0 Å². The highest BCUT2D eigenvalue weighted by Crippen LogP contribution is 2.29. The number of benzene rings is 3. The zero-order chi connectivity index (χ0) is 26.7. The summed E-state index contributed by atoms with van der Waals surface area (Å²) in [6.07, 6.45) is 1.31. The molecule has 1 aliphatic rings. The van der Waals surface area contributed by atoms with E-state index in [1.807, 2.05) is 32.0 Å². The molecule has 0 radical (unpaired) electrons. The number of carbonyl (C=O) groups is 2. The van der Waals surface area contributed by atoms with Crippen molar-refractivity contribution in [3.8, 4) is 0 Å². The Morgan fingerprint density at radius 1 is 1.00 bits per heavy atom. The largest absolute Gasteiger partial charge is 0.324 e. The van der Waals surface area contributed by atoms with E-state index in [0.717, 1.165) is 33.1 Å². The number of nitrogens with zero attached hydrogens (tertiary/aromatic N) is 2. The molecule has 8 heteroatoms. The summed E-state index contributed by atoms with van der Waals surface area (Å²) in [5, 5.41) is 2.83. The smallest absolute Gasteiger partial charge is 0.264 e. The van der Waals surface area contributed by atoms with Crippen molar-refractivity contribution in [1.29, 1.82) is 0 Å². The van der Waals surface area contributed by atoms with Gasteiger partial charge in [0.15, 0.2) is 0 Å². The molecule has 0 spiro atoms. The molecule has 0 aliphatic carbocycles. The van der Waals surface area contributed by atoms with Gasteiger partial charge in [0.1, 0.15) is 6.54 Å². The van der Waals surface area contributed by atoms with E-state index in [4.69, 9.17) is 0 Å². The molecule has 37 heavy (non-hydrogen) atoms. The van der Waals surface area contributed by atoms with Crippen LogP contribution in [0.15, 0.2) is 71.6 Å². The number of amides is 2. The number of carbonyl (C=O) groups excluding carboxylic acids is 2. The first-order valence-corrected chi connectivity index (χ1v) is 13.9. The molecule has 1 N–H and O–H groups in total. The van der Waals surface area contributed by atoms with Gasteiger partial charge < -0.3 is 10.2 Å². The van der Waals surface area contributed by atoms with E-state index in [-0.39, 0.29) is 16.7 Å². The van der Waals surface area contributed by atoms with Crippen LogP contribution in [-0.2, 0) is 19.6 Å². The third-order valence-corrected chi connectivity index (χ3v) is 8.39. The fraction of sp³-hybridized carbons (Fsp3) is 0.310. The molecule has 4 rings (SSSR count). The Kier molecular flexibility index (Phi) is 7.68. The maximum absolute atomic E-state index is 13.7. The van der Waals surface area contributed by atoms with Gasteiger partial charge in [0.25, 0.3) is 10.0 Å². The molecule has 0 saturated carbocycles. The maximum Gasteiger partial charge on any atom is 0.264 e. The van der Waals surface area contributed by atoms with Crippen molar-refractivity contribution < 1.29 is 18.0 Å². The predicted molar refractivity (Wildman–Crippen MR) is 148 cm³/mol. The first-order valence-electron chi connectivity index (χ1n) is 12.5. The summed E-state index contributed by atoms with van der Waals surface area (Å²) in [4.78, 5) is 27.3. The highest BCUT2D eigenvalue weighted by atomic mass is 32.2. The van der Waals surface area contributed by atoms with Gasteiger partial charge in [-0.3, -0.25) is 13.9 Å². The summed E-state index contributed by atoms with van der Waals surface area (Å²) in [5.41, 5.74) is 4.62. The second-order valence-electron chi connectivity index (χ2n) is 9.77. The molecule has 0 atom stereocenters. The van der Waals surface area contributed by atoms with Crippen molar-refractivity contribution >= 4 is 38.9 Å². The van der Waals surface area contributed by atoms with E-state index < -0.39 is 22.5 Å². The van der Waals surface area contributed by atoms with Crippen LogP contribution in [0.3, 0.4) is 0 Å². The highest BCUT2D eigenvalue weighted by Gasteiger charge is 2.28. The first kappa shape index (κ1) is 26.4. The zero-order valence-electron chi connectivity index (χ0n) is 21.7. The van der Waals surface area contributed by atoms with Gasteiger partial charge in [0.2, 0.25) is 11.8 Å². The summed E-state index contributed by atoms with van der Waals surface area (Å²) in [6, 6.07) is 19.2. The van der Waals surface area contributed by atoms with E-state index in [1.165, 1.54) is 0 Å². The molecular formula is C29H33N3O4S. The summed E-state index contributed by atoms with van der Waals surface area (Å²) >= 11 is 0. The van der Waals surface area contributed by atoms with Crippen molar-refractivity contribution in [2.75, 3.05) is 27.6 Å². The molecule has 2 amide bonds. The Bertz CT molecular complexity index is 1400. The number of hydrogen-bond donors (Lipinski definition) is 1. The molecule has 1 aliphatic heterocycles. The van der Waals surface area contributed by atoms with Crippen molar-refractivity contribution in [1.82, 2.24) is 0 Å². The zero-order valence-corrected chi connectivity index (χ0v) is 22.5. The van der Waals surface area contributed by atoms with Crippen LogP contribution in [0.2, 0.25) is 0 Å². The van der Waals surface area contributed by atoms with Crippen molar-refractivity contribution in [3.05, 3.63) is 83.4 Å². The number of nitrogens with one attached hydrogen (secondary N) is 1. The second-order valence-corrected chi connectivity index (χ2v) is 11.6. The summed E-state index contributed by atoms with van der Waals surface area (Å²) in [5.74, 6) is -0.129. The fourth-order valence-corrected chi connectivity index (χ4v) is 5.81. The standard InChI is InChI=1S/C29H33N3O4S/c1-20(2)23-10-13-25(14-11-23)32(37(35,36)26-15-7-21(3)8-16-26)19-28(33)30-24-12-9-22(4)27(18-24)31-17-5-6-29(31)34/h7-16,18,20H,5-6,17,19H2,1-4H3,(H,30,33). The lowest BCUT2D eigenvalue weighted by Gasteiger charge is -2.25. The topological polar surface area (TPSA) is 86.8 Å². The number of rotatable bonds is 8. The lowest BCUT2D eigenvalue weighted by atomic mass is 10.0. The Balaban J connectivity index is 1.63. The van der Waals surface area contributed by atoms with Crippen LogP contribution in [0.4, 0.5) is 17.1 Å². The van der Waals surface area contributed by atoms with Gasteiger partial charge in [0, 0.05) is 24.3 Å². The molecule has 0 bridgehead atoms. The van der Waals surface area contributed by atoms with Gasteiger partial charge in [0.05, 0.1) is 10.6 Å². The third kappa shape index (κ3) is 5.85. The average molecular weight is 520 g/mol. The molecule has 1 saturated heterocycles. The van der Waals surface area contributed by atoms with Crippen LogP contribution in [0.25, 0.3) is 0 Å². The second kappa shape index (κ2) is 10.8. The summed E-state index contributed by atoms with van der Waals surface area (Å²) in [6.45, 7) is 8.18.